The number of aromatic nitrogens is 2. The van der Waals surface area contributed by atoms with Crippen LogP contribution in [-0.4, -0.2) is 29.0 Å². The van der Waals surface area contributed by atoms with Crippen molar-refractivity contribution in [1.29, 1.82) is 0 Å². The molecule has 4 heteroatoms. The van der Waals surface area contributed by atoms with Gasteiger partial charge in [-0.3, -0.25) is 4.68 Å². The molecule has 0 bridgehead atoms. The third-order valence-electron chi connectivity index (χ3n) is 3.98. The predicted octanol–water partition coefficient (Wildman–Crippen LogP) is 2.51. The zero-order valence-electron chi connectivity index (χ0n) is 11.8. The van der Waals surface area contributed by atoms with Crippen molar-refractivity contribution >= 4 is 0 Å². The van der Waals surface area contributed by atoms with Gasteiger partial charge in [0.1, 0.15) is 0 Å². The van der Waals surface area contributed by atoms with Gasteiger partial charge in [0.05, 0.1) is 17.8 Å². The van der Waals surface area contributed by atoms with Crippen LogP contribution >= 0.6 is 0 Å². The summed E-state index contributed by atoms with van der Waals surface area (Å²) in [6.07, 6.45) is 8.81. The fourth-order valence-electron chi connectivity index (χ4n) is 2.83. The van der Waals surface area contributed by atoms with Crippen molar-refractivity contribution < 1.29 is 4.74 Å². The van der Waals surface area contributed by atoms with E-state index in [1.54, 1.807) is 0 Å². The molecular formula is C14H25N3O. The summed E-state index contributed by atoms with van der Waals surface area (Å²) >= 11 is 0. The summed E-state index contributed by atoms with van der Waals surface area (Å²) in [5.74, 6) is 0. The first-order valence-electron chi connectivity index (χ1n) is 7.06. The molecule has 1 aliphatic rings. The number of hydrogen-bond acceptors (Lipinski definition) is 3. The Kier molecular flexibility index (Phi) is 4.40. The highest BCUT2D eigenvalue weighted by Crippen LogP contribution is 2.44. The van der Waals surface area contributed by atoms with Gasteiger partial charge in [0, 0.05) is 25.4 Å². The van der Waals surface area contributed by atoms with Gasteiger partial charge >= 0.3 is 0 Å². The lowest BCUT2D eigenvalue weighted by molar-refractivity contribution is -0.0995. The van der Waals surface area contributed by atoms with Crippen molar-refractivity contribution in [2.24, 2.45) is 0 Å². The monoisotopic (exact) mass is 251 g/mol. The molecule has 102 valence electrons. The number of rotatable bonds is 7. The summed E-state index contributed by atoms with van der Waals surface area (Å²) in [5.41, 5.74) is 1.24. The van der Waals surface area contributed by atoms with Crippen molar-refractivity contribution in [1.82, 2.24) is 15.1 Å². The molecule has 0 saturated heterocycles. The van der Waals surface area contributed by atoms with E-state index in [9.17, 15) is 0 Å². The maximum Gasteiger partial charge on any atom is 0.0873 e. The van der Waals surface area contributed by atoms with E-state index < -0.39 is 0 Å². The molecule has 0 radical (unpaired) electrons. The van der Waals surface area contributed by atoms with Crippen LogP contribution in [0.5, 0.6) is 0 Å². The Morgan fingerprint density at radius 1 is 1.50 bits per heavy atom. The Morgan fingerprint density at radius 2 is 2.28 bits per heavy atom. The summed E-state index contributed by atoms with van der Waals surface area (Å²) in [7, 11) is 1.83. The number of hydrogen-bond donors (Lipinski definition) is 1. The van der Waals surface area contributed by atoms with Crippen LogP contribution < -0.4 is 5.32 Å². The first kappa shape index (κ1) is 13.6. The highest BCUT2D eigenvalue weighted by atomic mass is 16.5. The summed E-state index contributed by atoms with van der Waals surface area (Å²) in [6, 6.07) is 0.270. The molecule has 2 rings (SSSR count). The predicted molar refractivity (Wildman–Crippen MR) is 72.5 cm³/mol. The number of nitrogens with zero attached hydrogens (tertiary/aromatic N) is 2. The number of likely N-dealkylation sites (N-methyl/N-ethyl adjacent to an activating group) is 1. The van der Waals surface area contributed by atoms with E-state index in [1.807, 2.05) is 18.0 Å². The van der Waals surface area contributed by atoms with Gasteiger partial charge in [-0.25, -0.2) is 0 Å². The summed E-state index contributed by atoms with van der Waals surface area (Å²) in [5, 5.41) is 8.01. The Bertz CT molecular complexity index is 365. The second kappa shape index (κ2) is 5.85. The van der Waals surface area contributed by atoms with E-state index in [4.69, 9.17) is 4.74 Å². The molecule has 1 aromatic heterocycles. The van der Waals surface area contributed by atoms with Gasteiger partial charge in [0.25, 0.3) is 0 Å². The van der Waals surface area contributed by atoms with Gasteiger partial charge in [-0.15, -0.1) is 0 Å². The largest absolute Gasteiger partial charge is 0.376 e. The minimum Gasteiger partial charge on any atom is -0.376 e. The number of nitrogens with one attached hydrogen (secondary N) is 1. The maximum absolute atomic E-state index is 5.81. The molecular weight excluding hydrogens is 226 g/mol. The maximum atomic E-state index is 5.81. The Balaban J connectivity index is 2.17. The zero-order valence-corrected chi connectivity index (χ0v) is 11.8. The van der Waals surface area contributed by atoms with E-state index in [-0.39, 0.29) is 11.6 Å². The van der Waals surface area contributed by atoms with E-state index in [1.165, 1.54) is 12.0 Å². The molecule has 0 spiro atoms. The minimum atomic E-state index is -0.0178. The Labute approximate surface area is 110 Å². The molecule has 0 aromatic carbocycles. The molecule has 1 fully saturated rings. The van der Waals surface area contributed by atoms with E-state index in [0.29, 0.717) is 0 Å². The zero-order chi connectivity index (χ0) is 13.0. The molecule has 4 nitrogen and oxygen atoms in total. The van der Waals surface area contributed by atoms with Gasteiger partial charge in [0.2, 0.25) is 0 Å². The number of aryl methyl sites for hydroxylation is 1. The van der Waals surface area contributed by atoms with Crippen molar-refractivity contribution in [3.05, 3.63) is 18.0 Å². The molecule has 1 unspecified atom stereocenters. The standard InChI is InChI=1S/C14H25N3O/c1-4-9-17-11-12(10-16-17)13(15-5-2)14(18-3)7-6-8-14/h10-11,13,15H,4-9H2,1-3H3. The summed E-state index contributed by atoms with van der Waals surface area (Å²) in [4.78, 5) is 0. The SMILES string of the molecule is CCCn1cc(C(NCC)C2(OC)CCC2)cn1. The third-order valence-corrected chi connectivity index (χ3v) is 3.98. The fourth-order valence-corrected chi connectivity index (χ4v) is 2.83. The topological polar surface area (TPSA) is 39.1 Å². The van der Waals surface area contributed by atoms with Crippen LogP contribution in [-0.2, 0) is 11.3 Å². The highest BCUT2D eigenvalue weighted by molar-refractivity contribution is 5.18. The van der Waals surface area contributed by atoms with Crippen molar-refractivity contribution in [2.45, 2.75) is 57.7 Å². The molecule has 1 aliphatic carbocycles. The van der Waals surface area contributed by atoms with Crippen LogP contribution in [0.2, 0.25) is 0 Å². The number of ether oxygens (including phenoxy) is 1. The molecule has 18 heavy (non-hydrogen) atoms. The van der Waals surface area contributed by atoms with E-state index in [0.717, 1.165) is 32.4 Å². The van der Waals surface area contributed by atoms with Crippen LogP contribution in [0.15, 0.2) is 12.4 Å². The highest BCUT2D eigenvalue weighted by Gasteiger charge is 2.45. The molecule has 1 saturated carbocycles. The van der Waals surface area contributed by atoms with Crippen LogP contribution in [0, 0.1) is 0 Å². The Morgan fingerprint density at radius 3 is 2.78 bits per heavy atom. The Hall–Kier alpha value is -0.870. The first-order chi connectivity index (χ1) is 8.75. The van der Waals surface area contributed by atoms with E-state index in [2.05, 4.69) is 30.5 Å². The first-order valence-corrected chi connectivity index (χ1v) is 7.06. The summed E-state index contributed by atoms with van der Waals surface area (Å²) < 4.78 is 7.84. The lowest BCUT2D eigenvalue weighted by Gasteiger charge is -2.46. The molecule has 1 aromatic rings. The van der Waals surface area contributed by atoms with Crippen LogP contribution in [0.4, 0.5) is 0 Å². The second-order valence-electron chi connectivity index (χ2n) is 5.15. The smallest absolute Gasteiger partial charge is 0.0873 e. The molecule has 1 heterocycles. The quantitative estimate of drug-likeness (QED) is 0.809. The normalized spacial score (nSPS) is 19.5. The second-order valence-corrected chi connectivity index (χ2v) is 5.15. The fraction of sp³-hybridized carbons (Fsp3) is 0.786. The molecule has 0 aliphatic heterocycles. The third kappa shape index (κ3) is 2.45. The van der Waals surface area contributed by atoms with Crippen LogP contribution in [0.3, 0.4) is 0 Å². The van der Waals surface area contributed by atoms with Crippen molar-refractivity contribution in [2.75, 3.05) is 13.7 Å². The average molecular weight is 251 g/mol. The van der Waals surface area contributed by atoms with Crippen LogP contribution in [0.25, 0.3) is 0 Å². The van der Waals surface area contributed by atoms with Gasteiger partial charge in [0.15, 0.2) is 0 Å². The molecule has 1 N–H and O–H groups in total. The van der Waals surface area contributed by atoms with Crippen LogP contribution in [0.1, 0.15) is 51.1 Å². The van der Waals surface area contributed by atoms with Gasteiger partial charge in [-0.2, -0.15) is 5.10 Å². The molecule has 0 amide bonds. The average Bonchev–Trinajstić information content (AvgIpc) is 2.76. The van der Waals surface area contributed by atoms with Gasteiger partial charge in [-0.05, 0) is 32.2 Å². The molecule has 1 atom stereocenters. The number of methoxy groups -OCH3 is 1. The minimum absolute atomic E-state index is 0.0178. The van der Waals surface area contributed by atoms with E-state index >= 15 is 0 Å². The lowest BCUT2D eigenvalue weighted by Crippen LogP contribution is -2.50. The van der Waals surface area contributed by atoms with Gasteiger partial charge < -0.3 is 10.1 Å². The lowest BCUT2D eigenvalue weighted by atomic mass is 9.72. The van der Waals surface area contributed by atoms with Crippen molar-refractivity contribution in [3.8, 4) is 0 Å². The summed E-state index contributed by atoms with van der Waals surface area (Å²) in [6.45, 7) is 6.25. The van der Waals surface area contributed by atoms with Crippen molar-refractivity contribution in [3.63, 3.8) is 0 Å². The van der Waals surface area contributed by atoms with Gasteiger partial charge in [-0.1, -0.05) is 13.8 Å².